The van der Waals surface area contributed by atoms with Gasteiger partial charge < -0.3 is 11.1 Å². The van der Waals surface area contributed by atoms with Crippen LogP contribution in [0, 0.1) is 0 Å². The highest BCUT2D eigenvalue weighted by Gasteiger charge is 2.10. The first-order valence-electron chi connectivity index (χ1n) is 5.60. The molecular weight excluding hydrogens is 324 g/mol. The lowest BCUT2D eigenvalue weighted by atomic mass is 10.2. The van der Waals surface area contributed by atoms with Gasteiger partial charge in [-0.2, -0.15) is 0 Å². The van der Waals surface area contributed by atoms with Crippen molar-refractivity contribution in [3.63, 3.8) is 0 Å². The Labute approximate surface area is 124 Å². The van der Waals surface area contributed by atoms with Crippen LogP contribution in [0.15, 0.2) is 51.8 Å². The molecule has 5 heteroatoms. The van der Waals surface area contributed by atoms with Crippen molar-refractivity contribution in [2.24, 2.45) is 0 Å². The zero-order valence-electron chi connectivity index (χ0n) is 10.3. The molecule has 0 heterocycles. The van der Waals surface area contributed by atoms with Gasteiger partial charge in [0, 0.05) is 20.7 Å². The van der Waals surface area contributed by atoms with Gasteiger partial charge in [0.25, 0.3) is 5.91 Å². The molecule has 0 radical (unpaired) electrons. The van der Waals surface area contributed by atoms with Crippen LogP contribution in [0.3, 0.4) is 0 Å². The lowest BCUT2D eigenvalue weighted by molar-refractivity contribution is 0.102. The standard InChI is InChI=1S/C14H13BrN2OS/c1-19-11-4-2-3-10(8-11)17-14(18)12-7-9(16)5-6-13(12)15/h2-8H,16H2,1H3,(H,17,18). The van der Waals surface area contributed by atoms with Crippen molar-refractivity contribution in [1.82, 2.24) is 0 Å². The van der Waals surface area contributed by atoms with Gasteiger partial charge >= 0.3 is 0 Å². The normalized spacial score (nSPS) is 10.2. The molecule has 2 aromatic carbocycles. The Morgan fingerprint density at radius 3 is 2.79 bits per heavy atom. The second kappa shape index (κ2) is 6.12. The SMILES string of the molecule is CSc1cccc(NC(=O)c2cc(N)ccc2Br)c1. The summed E-state index contributed by atoms with van der Waals surface area (Å²) in [5, 5.41) is 2.86. The molecule has 3 nitrogen and oxygen atoms in total. The third-order valence-electron chi connectivity index (χ3n) is 2.56. The average Bonchev–Trinajstić information content (AvgIpc) is 2.41. The highest BCUT2D eigenvalue weighted by Crippen LogP contribution is 2.23. The first-order chi connectivity index (χ1) is 9.10. The minimum absolute atomic E-state index is 0.183. The van der Waals surface area contributed by atoms with Gasteiger partial charge in [0.05, 0.1) is 5.56 Å². The number of amides is 1. The molecule has 0 aliphatic carbocycles. The van der Waals surface area contributed by atoms with E-state index in [9.17, 15) is 4.79 Å². The molecule has 0 unspecified atom stereocenters. The second-order valence-corrected chi connectivity index (χ2v) is 5.66. The molecule has 0 aromatic heterocycles. The predicted octanol–water partition coefficient (Wildman–Crippen LogP) is 4.01. The molecule has 2 rings (SSSR count). The Kier molecular flexibility index (Phi) is 4.50. The molecule has 0 spiro atoms. The lowest BCUT2D eigenvalue weighted by Crippen LogP contribution is -2.13. The Morgan fingerprint density at radius 2 is 2.05 bits per heavy atom. The van der Waals surface area contributed by atoms with Crippen LogP contribution in [-0.4, -0.2) is 12.2 Å². The van der Waals surface area contributed by atoms with E-state index in [4.69, 9.17) is 5.73 Å². The molecule has 0 atom stereocenters. The van der Waals surface area contributed by atoms with Crippen LogP contribution in [0.5, 0.6) is 0 Å². The fourth-order valence-corrected chi connectivity index (χ4v) is 2.50. The average molecular weight is 337 g/mol. The Morgan fingerprint density at radius 1 is 1.26 bits per heavy atom. The van der Waals surface area contributed by atoms with Crippen molar-refractivity contribution < 1.29 is 4.79 Å². The van der Waals surface area contributed by atoms with Crippen molar-refractivity contribution in [3.05, 3.63) is 52.5 Å². The summed E-state index contributed by atoms with van der Waals surface area (Å²) < 4.78 is 0.722. The highest BCUT2D eigenvalue weighted by atomic mass is 79.9. The molecule has 0 saturated carbocycles. The molecule has 2 aromatic rings. The minimum Gasteiger partial charge on any atom is -0.399 e. The summed E-state index contributed by atoms with van der Waals surface area (Å²) in [7, 11) is 0. The maximum absolute atomic E-state index is 12.2. The van der Waals surface area contributed by atoms with Gasteiger partial charge in [-0.1, -0.05) is 6.07 Å². The van der Waals surface area contributed by atoms with Crippen molar-refractivity contribution in [2.75, 3.05) is 17.3 Å². The fourth-order valence-electron chi connectivity index (χ4n) is 1.62. The number of carbonyl (C=O) groups excluding carboxylic acids is 1. The van der Waals surface area contributed by atoms with Gasteiger partial charge in [0.1, 0.15) is 0 Å². The Hall–Kier alpha value is -1.46. The van der Waals surface area contributed by atoms with Crippen molar-refractivity contribution in [1.29, 1.82) is 0 Å². The molecule has 98 valence electrons. The molecule has 19 heavy (non-hydrogen) atoms. The zero-order valence-corrected chi connectivity index (χ0v) is 12.7. The third-order valence-corrected chi connectivity index (χ3v) is 3.98. The number of carbonyl (C=O) groups is 1. The summed E-state index contributed by atoms with van der Waals surface area (Å²) in [6.07, 6.45) is 2.00. The number of nitrogens with two attached hydrogens (primary N) is 1. The highest BCUT2D eigenvalue weighted by molar-refractivity contribution is 9.10. The van der Waals surface area contributed by atoms with Gasteiger partial charge in [-0.25, -0.2) is 0 Å². The molecule has 3 N–H and O–H groups in total. The lowest BCUT2D eigenvalue weighted by Gasteiger charge is -2.08. The summed E-state index contributed by atoms with van der Waals surface area (Å²) in [5.74, 6) is -0.183. The van der Waals surface area contributed by atoms with Crippen LogP contribution in [0.1, 0.15) is 10.4 Å². The van der Waals surface area contributed by atoms with Crippen LogP contribution < -0.4 is 11.1 Å². The van der Waals surface area contributed by atoms with Crippen molar-refractivity contribution in [2.45, 2.75) is 4.90 Å². The number of benzene rings is 2. The Balaban J connectivity index is 2.23. The van der Waals surface area contributed by atoms with Crippen molar-refractivity contribution in [3.8, 4) is 0 Å². The van der Waals surface area contributed by atoms with Crippen LogP contribution >= 0.6 is 27.7 Å². The number of hydrogen-bond acceptors (Lipinski definition) is 3. The molecule has 0 fully saturated rings. The van der Waals surface area contributed by atoms with Crippen molar-refractivity contribution >= 4 is 45.0 Å². The molecular formula is C14H13BrN2OS. The minimum atomic E-state index is -0.183. The van der Waals surface area contributed by atoms with E-state index in [0.29, 0.717) is 11.3 Å². The van der Waals surface area contributed by atoms with E-state index >= 15 is 0 Å². The number of nitrogens with one attached hydrogen (secondary N) is 1. The summed E-state index contributed by atoms with van der Waals surface area (Å²) in [5.41, 5.74) is 7.55. The monoisotopic (exact) mass is 336 g/mol. The van der Waals surface area contributed by atoms with Gasteiger partial charge in [0.2, 0.25) is 0 Å². The molecule has 0 aliphatic heterocycles. The van der Waals surface area contributed by atoms with Crippen LogP contribution in [-0.2, 0) is 0 Å². The molecule has 0 saturated heterocycles. The van der Waals surface area contributed by atoms with E-state index in [-0.39, 0.29) is 5.91 Å². The first-order valence-corrected chi connectivity index (χ1v) is 7.62. The number of hydrogen-bond donors (Lipinski definition) is 2. The number of anilines is 2. The van der Waals surface area contributed by atoms with Gasteiger partial charge in [-0.05, 0) is 58.6 Å². The van der Waals surface area contributed by atoms with E-state index in [0.717, 1.165) is 15.1 Å². The summed E-state index contributed by atoms with van der Waals surface area (Å²) in [4.78, 5) is 13.3. The van der Waals surface area contributed by atoms with E-state index in [1.165, 1.54) is 0 Å². The predicted molar refractivity (Wildman–Crippen MR) is 84.7 cm³/mol. The zero-order chi connectivity index (χ0) is 13.8. The second-order valence-electron chi connectivity index (χ2n) is 3.93. The Bertz CT molecular complexity index is 616. The topological polar surface area (TPSA) is 55.1 Å². The summed E-state index contributed by atoms with van der Waals surface area (Å²) in [6, 6.07) is 12.9. The first kappa shape index (κ1) is 14.0. The molecule has 0 bridgehead atoms. The molecule has 0 aliphatic rings. The van der Waals surface area contributed by atoms with Gasteiger partial charge in [-0.3, -0.25) is 4.79 Å². The molecule has 1 amide bonds. The van der Waals surface area contributed by atoms with Crippen LogP contribution in [0.25, 0.3) is 0 Å². The van der Waals surface area contributed by atoms with E-state index in [1.54, 1.807) is 30.0 Å². The largest absolute Gasteiger partial charge is 0.399 e. The summed E-state index contributed by atoms with van der Waals surface area (Å²) >= 11 is 4.98. The fraction of sp³-hybridized carbons (Fsp3) is 0.0714. The van der Waals surface area contributed by atoms with Crippen LogP contribution in [0.4, 0.5) is 11.4 Å². The quantitative estimate of drug-likeness (QED) is 0.657. The number of nitrogen functional groups attached to an aromatic ring is 1. The van der Waals surface area contributed by atoms with E-state index < -0.39 is 0 Å². The number of halogens is 1. The van der Waals surface area contributed by atoms with E-state index in [1.807, 2.05) is 30.5 Å². The van der Waals surface area contributed by atoms with E-state index in [2.05, 4.69) is 21.2 Å². The van der Waals surface area contributed by atoms with Crippen LogP contribution in [0.2, 0.25) is 0 Å². The maximum Gasteiger partial charge on any atom is 0.256 e. The maximum atomic E-state index is 12.2. The smallest absolute Gasteiger partial charge is 0.256 e. The number of rotatable bonds is 3. The summed E-state index contributed by atoms with van der Waals surface area (Å²) in [6.45, 7) is 0. The van der Waals surface area contributed by atoms with Gasteiger partial charge in [0.15, 0.2) is 0 Å². The third kappa shape index (κ3) is 3.52. The number of thioether (sulfide) groups is 1. The van der Waals surface area contributed by atoms with Gasteiger partial charge in [-0.15, -0.1) is 11.8 Å².